The monoisotopic (exact) mass is 279 g/mol. The van der Waals surface area contributed by atoms with E-state index in [0.29, 0.717) is 23.1 Å². The zero-order valence-corrected chi connectivity index (χ0v) is 11.1. The van der Waals surface area contributed by atoms with Gasteiger partial charge in [0, 0.05) is 19.2 Å². The van der Waals surface area contributed by atoms with Crippen LogP contribution in [0.25, 0.3) is 0 Å². The Morgan fingerprint density at radius 2 is 2.21 bits per heavy atom. The van der Waals surface area contributed by atoms with Crippen LogP contribution in [0.4, 0.5) is 16.3 Å². The van der Waals surface area contributed by atoms with Gasteiger partial charge >= 0.3 is 6.03 Å². The average molecular weight is 280 g/mol. The van der Waals surface area contributed by atoms with Crippen molar-refractivity contribution in [1.82, 2.24) is 15.1 Å². The van der Waals surface area contributed by atoms with Gasteiger partial charge in [-0.05, 0) is 12.1 Å². The molecule has 2 amide bonds. The SMILES string of the molecule is Cn1ncc(CNC(=O)Nc2ccccc2Cl)c1N. The second-order valence-electron chi connectivity index (χ2n) is 3.97. The normalized spacial score (nSPS) is 10.2. The fourth-order valence-corrected chi connectivity index (χ4v) is 1.72. The number of urea groups is 1. The molecule has 1 aromatic heterocycles. The zero-order valence-electron chi connectivity index (χ0n) is 10.4. The van der Waals surface area contributed by atoms with Crippen LogP contribution in [-0.2, 0) is 13.6 Å². The number of amides is 2. The molecule has 0 fully saturated rings. The van der Waals surface area contributed by atoms with Gasteiger partial charge in [-0.3, -0.25) is 4.68 Å². The first-order valence-electron chi connectivity index (χ1n) is 5.63. The van der Waals surface area contributed by atoms with Crippen LogP contribution in [0.2, 0.25) is 5.02 Å². The van der Waals surface area contributed by atoms with Gasteiger partial charge in [0.1, 0.15) is 5.82 Å². The van der Waals surface area contributed by atoms with Crippen molar-refractivity contribution in [2.24, 2.45) is 7.05 Å². The summed E-state index contributed by atoms with van der Waals surface area (Å²) >= 11 is 5.94. The topological polar surface area (TPSA) is 85.0 Å². The van der Waals surface area contributed by atoms with Crippen molar-refractivity contribution in [3.05, 3.63) is 41.0 Å². The molecule has 6 nitrogen and oxygen atoms in total. The van der Waals surface area contributed by atoms with Crippen LogP contribution in [0.3, 0.4) is 0 Å². The minimum Gasteiger partial charge on any atom is -0.384 e. The molecule has 0 aliphatic heterocycles. The molecule has 0 spiro atoms. The summed E-state index contributed by atoms with van der Waals surface area (Å²) in [5.41, 5.74) is 7.09. The molecule has 0 saturated carbocycles. The van der Waals surface area contributed by atoms with Crippen molar-refractivity contribution in [2.75, 3.05) is 11.1 Å². The number of aryl methyl sites for hydroxylation is 1. The Labute approximate surface area is 115 Å². The van der Waals surface area contributed by atoms with Crippen molar-refractivity contribution in [2.45, 2.75) is 6.54 Å². The van der Waals surface area contributed by atoms with E-state index in [1.165, 1.54) is 0 Å². The Hall–Kier alpha value is -2.21. The van der Waals surface area contributed by atoms with Crippen molar-refractivity contribution >= 4 is 29.1 Å². The number of nitrogen functional groups attached to an aromatic ring is 1. The number of nitrogens with one attached hydrogen (secondary N) is 2. The van der Waals surface area contributed by atoms with Crippen LogP contribution >= 0.6 is 11.6 Å². The van der Waals surface area contributed by atoms with Crippen molar-refractivity contribution in [3.8, 4) is 0 Å². The maximum atomic E-state index is 11.7. The van der Waals surface area contributed by atoms with Crippen LogP contribution < -0.4 is 16.4 Å². The molecule has 0 saturated heterocycles. The first-order valence-corrected chi connectivity index (χ1v) is 6.01. The summed E-state index contributed by atoms with van der Waals surface area (Å²) in [6, 6.07) is 6.66. The third-order valence-corrected chi connectivity index (χ3v) is 2.96. The van der Waals surface area contributed by atoms with Crippen LogP contribution in [-0.4, -0.2) is 15.8 Å². The van der Waals surface area contributed by atoms with Gasteiger partial charge < -0.3 is 16.4 Å². The molecule has 2 aromatic rings. The summed E-state index contributed by atoms with van der Waals surface area (Å²) in [5, 5.41) is 9.82. The third kappa shape index (κ3) is 3.17. The summed E-state index contributed by atoms with van der Waals surface area (Å²) in [6.07, 6.45) is 1.62. The van der Waals surface area contributed by atoms with Gasteiger partial charge in [0.2, 0.25) is 0 Å². The zero-order chi connectivity index (χ0) is 13.8. The molecule has 2 rings (SSSR count). The first-order chi connectivity index (χ1) is 9.08. The van der Waals surface area contributed by atoms with E-state index in [0.717, 1.165) is 5.56 Å². The van der Waals surface area contributed by atoms with Gasteiger partial charge in [0.05, 0.1) is 16.9 Å². The van der Waals surface area contributed by atoms with E-state index in [-0.39, 0.29) is 6.03 Å². The highest BCUT2D eigenvalue weighted by Gasteiger charge is 2.08. The van der Waals surface area contributed by atoms with Gasteiger partial charge in [-0.15, -0.1) is 0 Å². The summed E-state index contributed by atoms with van der Waals surface area (Å²) in [7, 11) is 1.74. The minimum atomic E-state index is -0.351. The first kappa shape index (κ1) is 13.2. The fourth-order valence-electron chi connectivity index (χ4n) is 1.53. The van der Waals surface area contributed by atoms with E-state index >= 15 is 0 Å². The second-order valence-corrected chi connectivity index (χ2v) is 4.37. The number of nitrogens with zero attached hydrogens (tertiary/aromatic N) is 2. The highest BCUT2D eigenvalue weighted by atomic mass is 35.5. The third-order valence-electron chi connectivity index (χ3n) is 2.63. The fraction of sp³-hybridized carbons (Fsp3) is 0.167. The highest BCUT2D eigenvalue weighted by Crippen LogP contribution is 2.20. The molecule has 100 valence electrons. The van der Waals surface area contributed by atoms with Crippen LogP contribution in [0.15, 0.2) is 30.5 Å². The molecular weight excluding hydrogens is 266 g/mol. The average Bonchev–Trinajstić information content (AvgIpc) is 2.70. The largest absolute Gasteiger partial charge is 0.384 e. The lowest BCUT2D eigenvalue weighted by atomic mass is 10.3. The van der Waals surface area contributed by atoms with E-state index < -0.39 is 0 Å². The van der Waals surface area contributed by atoms with E-state index in [9.17, 15) is 4.79 Å². The van der Waals surface area contributed by atoms with Crippen molar-refractivity contribution in [3.63, 3.8) is 0 Å². The van der Waals surface area contributed by atoms with E-state index in [2.05, 4.69) is 15.7 Å². The van der Waals surface area contributed by atoms with Gasteiger partial charge in [0.25, 0.3) is 0 Å². The number of halogens is 1. The van der Waals surface area contributed by atoms with E-state index in [1.807, 2.05) is 0 Å². The number of aromatic nitrogens is 2. The maximum absolute atomic E-state index is 11.7. The van der Waals surface area contributed by atoms with Crippen molar-refractivity contribution in [1.29, 1.82) is 0 Å². The maximum Gasteiger partial charge on any atom is 0.319 e. The number of rotatable bonds is 3. The van der Waals surface area contributed by atoms with Crippen LogP contribution in [0.1, 0.15) is 5.56 Å². The summed E-state index contributed by atoms with van der Waals surface area (Å²) in [6.45, 7) is 0.302. The lowest BCUT2D eigenvalue weighted by molar-refractivity contribution is 0.252. The molecule has 19 heavy (non-hydrogen) atoms. The molecule has 0 atom stereocenters. The number of benzene rings is 1. The number of para-hydroxylation sites is 1. The lowest BCUT2D eigenvalue weighted by Crippen LogP contribution is -2.28. The predicted octanol–water partition coefficient (Wildman–Crippen LogP) is 1.98. The Morgan fingerprint density at radius 1 is 1.47 bits per heavy atom. The Morgan fingerprint density at radius 3 is 2.84 bits per heavy atom. The lowest BCUT2D eigenvalue weighted by Gasteiger charge is -2.08. The molecule has 0 radical (unpaired) electrons. The summed E-state index contributed by atoms with van der Waals surface area (Å²) in [4.78, 5) is 11.7. The molecule has 7 heteroatoms. The molecule has 0 unspecified atom stereocenters. The number of nitrogens with two attached hydrogens (primary N) is 1. The molecule has 4 N–H and O–H groups in total. The molecular formula is C12H14ClN5O. The minimum absolute atomic E-state index is 0.302. The van der Waals surface area contributed by atoms with Gasteiger partial charge in [0.15, 0.2) is 0 Å². The van der Waals surface area contributed by atoms with Crippen molar-refractivity contribution < 1.29 is 4.79 Å². The van der Waals surface area contributed by atoms with Gasteiger partial charge in [-0.25, -0.2) is 4.79 Å². The quantitative estimate of drug-likeness (QED) is 0.803. The Kier molecular flexibility index (Phi) is 3.91. The molecule has 0 bridgehead atoms. The van der Waals surface area contributed by atoms with Gasteiger partial charge in [-0.2, -0.15) is 5.10 Å². The number of carbonyl (C=O) groups is 1. The molecule has 1 heterocycles. The number of anilines is 2. The molecule has 0 aliphatic rings. The van der Waals surface area contributed by atoms with E-state index in [4.69, 9.17) is 17.3 Å². The van der Waals surface area contributed by atoms with Crippen LogP contribution in [0.5, 0.6) is 0 Å². The number of hydrogen-bond donors (Lipinski definition) is 3. The van der Waals surface area contributed by atoms with E-state index in [1.54, 1.807) is 42.2 Å². The summed E-state index contributed by atoms with van der Waals surface area (Å²) in [5.74, 6) is 0.526. The molecule has 1 aromatic carbocycles. The number of hydrogen-bond acceptors (Lipinski definition) is 3. The Bertz CT molecular complexity index is 596. The van der Waals surface area contributed by atoms with Crippen LogP contribution in [0, 0.1) is 0 Å². The Balaban J connectivity index is 1.92. The standard InChI is InChI=1S/C12H14ClN5O/c1-18-11(14)8(7-16-18)6-15-12(19)17-10-5-3-2-4-9(10)13/h2-5,7H,6,14H2,1H3,(H2,15,17,19). The van der Waals surface area contributed by atoms with Gasteiger partial charge in [-0.1, -0.05) is 23.7 Å². The number of carbonyl (C=O) groups excluding carboxylic acids is 1. The second kappa shape index (κ2) is 5.62. The predicted molar refractivity (Wildman–Crippen MR) is 74.9 cm³/mol. The summed E-state index contributed by atoms with van der Waals surface area (Å²) < 4.78 is 1.54. The molecule has 0 aliphatic carbocycles. The highest BCUT2D eigenvalue weighted by molar-refractivity contribution is 6.33. The smallest absolute Gasteiger partial charge is 0.319 e.